The van der Waals surface area contributed by atoms with Gasteiger partial charge in [0.15, 0.2) is 0 Å². The first-order valence-electron chi connectivity index (χ1n) is 12.2. The largest absolute Gasteiger partial charge is 0.492 e. The number of rotatable bonds is 16. The van der Waals surface area contributed by atoms with Gasteiger partial charge in [0, 0.05) is 21.5 Å². The van der Waals surface area contributed by atoms with E-state index in [2.05, 4.69) is 62.4 Å². The molecule has 4 heteroatoms. The highest BCUT2D eigenvalue weighted by molar-refractivity contribution is 7.99. The Balaban J connectivity index is 1.72. The van der Waals surface area contributed by atoms with E-state index in [4.69, 9.17) is 9.47 Å². The second-order valence-corrected chi connectivity index (χ2v) is 10.5. The summed E-state index contributed by atoms with van der Waals surface area (Å²) in [6.45, 7) is 6.00. The zero-order chi connectivity index (χ0) is 22.4. The molecule has 0 fully saturated rings. The van der Waals surface area contributed by atoms with Crippen molar-refractivity contribution in [1.29, 1.82) is 0 Å². The van der Waals surface area contributed by atoms with Gasteiger partial charge in [0.1, 0.15) is 11.5 Å². The summed E-state index contributed by atoms with van der Waals surface area (Å²) in [5, 5.41) is 4.60. The fourth-order valence-corrected chi connectivity index (χ4v) is 5.76. The number of hydrogen-bond acceptors (Lipinski definition) is 4. The second-order valence-electron chi connectivity index (χ2n) is 8.09. The minimum absolute atomic E-state index is 0.752. The van der Waals surface area contributed by atoms with Crippen molar-refractivity contribution in [1.82, 2.24) is 0 Å². The Bertz CT molecular complexity index is 808. The van der Waals surface area contributed by atoms with Gasteiger partial charge in [-0.05, 0) is 48.7 Å². The molecule has 174 valence electrons. The number of hydrogen-bond donors (Lipinski definition) is 0. The van der Waals surface area contributed by atoms with Crippen LogP contribution in [0.4, 0.5) is 0 Å². The summed E-state index contributed by atoms with van der Waals surface area (Å²) in [4.78, 5) is 0. The summed E-state index contributed by atoms with van der Waals surface area (Å²) < 4.78 is 12.8. The average molecular weight is 471 g/mol. The Hall–Kier alpha value is -1.52. The quantitative estimate of drug-likeness (QED) is 0.154. The summed E-state index contributed by atoms with van der Waals surface area (Å²) in [5.41, 5.74) is 0. The van der Waals surface area contributed by atoms with Crippen molar-refractivity contribution in [3.8, 4) is 11.5 Å². The first-order valence-corrected chi connectivity index (χ1v) is 14.5. The lowest BCUT2D eigenvalue weighted by molar-refractivity contribution is 0.321. The van der Waals surface area contributed by atoms with Gasteiger partial charge < -0.3 is 9.47 Å². The lowest BCUT2D eigenvalue weighted by Crippen LogP contribution is -2.03. The van der Waals surface area contributed by atoms with Crippen molar-refractivity contribution in [2.75, 3.05) is 36.2 Å². The second kappa shape index (κ2) is 14.6. The van der Waals surface area contributed by atoms with E-state index in [1.54, 1.807) is 0 Å². The SMILES string of the molecule is CCCCSCCCOc1c2ccccc2c(OCCCSCCCC)c2ccccc12. The molecular weight excluding hydrogens is 432 g/mol. The van der Waals surface area contributed by atoms with E-state index < -0.39 is 0 Å². The molecule has 0 amide bonds. The van der Waals surface area contributed by atoms with Gasteiger partial charge in [-0.1, -0.05) is 75.2 Å². The molecule has 0 N–H and O–H groups in total. The van der Waals surface area contributed by atoms with Gasteiger partial charge >= 0.3 is 0 Å². The first-order chi connectivity index (χ1) is 15.9. The molecule has 3 aromatic rings. The van der Waals surface area contributed by atoms with Crippen molar-refractivity contribution >= 4 is 45.1 Å². The van der Waals surface area contributed by atoms with Gasteiger partial charge in [-0.2, -0.15) is 23.5 Å². The molecular formula is C28H38O2S2. The molecule has 0 unspecified atom stereocenters. The fourth-order valence-electron chi connectivity index (χ4n) is 3.73. The van der Waals surface area contributed by atoms with Crippen molar-refractivity contribution in [2.45, 2.75) is 52.4 Å². The molecule has 3 rings (SSSR count). The predicted molar refractivity (Wildman–Crippen MR) is 146 cm³/mol. The Kier molecular flexibility index (Phi) is 11.5. The molecule has 3 aromatic carbocycles. The summed E-state index contributed by atoms with van der Waals surface area (Å²) >= 11 is 4.08. The summed E-state index contributed by atoms with van der Waals surface area (Å²) in [7, 11) is 0. The average Bonchev–Trinajstić information content (AvgIpc) is 2.83. The highest BCUT2D eigenvalue weighted by Crippen LogP contribution is 2.42. The maximum Gasteiger partial charge on any atom is 0.135 e. The summed E-state index contributed by atoms with van der Waals surface area (Å²) in [6.07, 6.45) is 7.30. The highest BCUT2D eigenvalue weighted by Gasteiger charge is 2.15. The Morgan fingerprint density at radius 3 is 1.22 bits per heavy atom. The van der Waals surface area contributed by atoms with Crippen molar-refractivity contribution in [3.05, 3.63) is 48.5 Å². The Labute approximate surface area is 202 Å². The normalized spacial score (nSPS) is 11.3. The molecule has 0 aliphatic carbocycles. The van der Waals surface area contributed by atoms with Crippen LogP contribution in [0.1, 0.15) is 52.4 Å². The highest BCUT2D eigenvalue weighted by atomic mass is 32.2. The molecule has 0 saturated heterocycles. The third-order valence-electron chi connectivity index (χ3n) is 5.48. The van der Waals surface area contributed by atoms with Crippen LogP contribution in [0.3, 0.4) is 0 Å². The minimum atomic E-state index is 0.752. The van der Waals surface area contributed by atoms with Crippen LogP contribution in [0.2, 0.25) is 0 Å². The lowest BCUT2D eigenvalue weighted by atomic mass is 10.0. The van der Waals surface area contributed by atoms with E-state index in [1.165, 1.54) is 37.2 Å². The minimum Gasteiger partial charge on any atom is -0.492 e. The predicted octanol–water partition coefficient (Wildman–Crippen LogP) is 8.60. The van der Waals surface area contributed by atoms with E-state index in [0.717, 1.165) is 70.6 Å². The van der Waals surface area contributed by atoms with E-state index in [1.807, 2.05) is 23.5 Å². The van der Waals surface area contributed by atoms with Gasteiger partial charge in [0.05, 0.1) is 13.2 Å². The smallest absolute Gasteiger partial charge is 0.135 e. The molecule has 0 atom stereocenters. The van der Waals surface area contributed by atoms with Gasteiger partial charge in [0.25, 0.3) is 0 Å². The number of thioether (sulfide) groups is 2. The van der Waals surface area contributed by atoms with E-state index in [9.17, 15) is 0 Å². The molecule has 0 aromatic heterocycles. The number of ether oxygens (including phenoxy) is 2. The van der Waals surface area contributed by atoms with E-state index >= 15 is 0 Å². The van der Waals surface area contributed by atoms with E-state index in [-0.39, 0.29) is 0 Å². The van der Waals surface area contributed by atoms with Crippen molar-refractivity contribution in [3.63, 3.8) is 0 Å². The third-order valence-corrected chi connectivity index (χ3v) is 7.79. The Morgan fingerprint density at radius 1 is 0.531 bits per heavy atom. The zero-order valence-corrected chi connectivity index (χ0v) is 21.4. The zero-order valence-electron chi connectivity index (χ0n) is 19.7. The molecule has 0 heterocycles. The van der Waals surface area contributed by atoms with Crippen LogP contribution in [0.25, 0.3) is 21.5 Å². The number of unbranched alkanes of at least 4 members (excludes halogenated alkanes) is 2. The molecule has 2 nitrogen and oxygen atoms in total. The summed E-state index contributed by atoms with van der Waals surface area (Å²) in [5.74, 6) is 6.83. The number of benzene rings is 3. The van der Waals surface area contributed by atoms with Crippen LogP contribution >= 0.6 is 23.5 Å². The maximum absolute atomic E-state index is 6.40. The lowest BCUT2D eigenvalue weighted by Gasteiger charge is -2.18. The fraction of sp³-hybridized carbons (Fsp3) is 0.500. The molecule has 32 heavy (non-hydrogen) atoms. The van der Waals surface area contributed by atoms with Crippen molar-refractivity contribution < 1.29 is 9.47 Å². The molecule has 0 aliphatic heterocycles. The monoisotopic (exact) mass is 470 g/mol. The molecule has 0 radical (unpaired) electrons. The molecule has 0 bridgehead atoms. The van der Waals surface area contributed by atoms with Crippen LogP contribution < -0.4 is 9.47 Å². The molecule has 0 aliphatic rings. The van der Waals surface area contributed by atoms with Gasteiger partial charge in [0.2, 0.25) is 0 Å². The molecule has 0 saturated carbocycles. The van der Waals surface area contributed by atoms with Crippen LogP contribution in [-0.2, 0) is 0 Å². The van der Waals surface area contributed by atoms with Crippen LogP contribution in [0, 0.1) is 0 Å². The number of fused-ring (bicyclic) bond motifs is 2. The van der Waals surface area contributed by atoms with Crippen LogP contribution in [-0.4, -0.2) is 36.2 Å². The van der Waals surface area contributed by atoms with Gasteiger partial charge in [-0.3, -0.25) is 0 Å². The first kappa shape index (κ1) is 25.1. The van der Waals surface area contributed by atoms with Crippen LogP contribution in [0.15, 0.2) is 48.5 Å². The third kappa shape index (κ3) is 7.25. The van der Waals surface area contributed by atoms with Gasteiger partial charge in [-0.15, -0.1) is 0 Å². The molecule has 0 spiro atoms. The Morgan fingerprint density at radius 2 is 0.875 bits per heavy atom. The maximum atomic E-state index is 6.40. The standard InChI is InChI=1S/C28H38O2S2/c1-3-5-19-31-21-11-17-29-27-23-13-7-9-15-25(23)28(26-16-10-8-14-24(26)27)30-18-12-22-32-20-6-4-2/h7-10,13-16H,3-6,11-12,17-22H2,1-2H3. The van der Waals surface area contributed by atoms with E-state index in [0.29, 0.717) is 0 Å². The van der Waals surface area contributed by atoms with Crippen LogP contribution in [0.5, 0.6) is 11.5 Å². The van der Waals surface area contributed by atoms with Crippen molar-refractivity contribution in [2.24, 2.45) is 0 Å². The van der Waals surface area contributed by atoms with Gasteiger partial charge in [-0.25, -0.2) is 0 Å². The topological polar surface area (TPSA) is 18.5 Å². The summed E-state index contributed by atoms with van der Waals surface area (Å²) in [6, 6.07) is 17.1.